The van der Waals surface area contributed by atoms with Gasteiger partial charge in [-0.15, -0.1) is 0 Å². The number of hydrogen-bond donors (Lipinski definition) is 1. The maximum atomic E-state index is 11.9. The summed E-state index contributed by atoms with van der Waals surface area (Å²) in [6, 6.07) is 10.1. The van der Waals surface area contributed by atoms with E-state index in [0.717, 1.165) is 6.42 Å². The first-order valence-electron chi connectivity index (χ1n) is 5.65. The van der Waals surface area contributed by atoms with Gasteiger partial charge in [-0.05, 0) is 17.9 Å². The van der Waals surface area contributed by atoms with Gasteiger partial charge in [0, 0.05) is 19.5 Å². The highest BCUT2D eigenvalue weighted by atomic mass is 16.3. The highest BCUT2D eigenvalue weighted by Crippen LogP contribution is 2.48. The van der Waals surface area contributed by atoms with Crippen LogP contribution in [0.25, 0.3) is 0 Å². The standard InChI is InChI=1S/C13H17NO2/c1-14(7-8-15)13(16)12-9-11(12)10-5-3-2-4-6-10/h2-6,11-12,15H,7-9H2,1H3. The van der Waals surface area contributed by atoms with E-state index in [0.29, 0.717) is 12.5 Å². The molecule has 1 aliphatic carbocycles. The fourth-order valence-corrected chi connectivity index (χ4v) is 2.08. The first kappa shape index (κ1) is 11.1. The van der Waals surface area contributed by atoms with Crippen LogP contribution in [0.5, 0.6) is 0 Å². The summed E-state index contributed by atoms with van der Waals surface area (Å²) < 4.78 is 0. The van der Waals surface area contributed by atoms with E-state index < -0.39 is 0 Å². The lowest BCUT2D eigenvalue weighted by Gasteiger charge is -2.15. The average Bonchev–Trinajstić information content (AvgIpc) is 3.09. The summed E-state index contributed by atoms with van der Waals surface area (Å²) in [6.45, 7) is 0.460. The number of rotatable bonds is 4. The topological polar surface area (TPSA) is 40.5 Å². The van der Waals surface area contributed by atoms with Crippen LogP contribution in [0.2, 0.25) is 0 Å². The second-order valence-electron chi connectivity index (χ2n) is 4.34. The average molecular weight is 219 g/mol. The molecule has 0 heterocycles. The lowest BCUT2D eigenvalue weighted by atomic mass is 10.1. The summed E-state index contributed by atoms with van der Waals surface area (Å²) in [5.41, 5.74) is 1.25. The Labute approximate surface area is 95.7 Å². The number of aliphatic hydroxyl groups is 1. The van der Waals surface area contributed by atoms with Gasteiger partial charge in [-0.3, -0.25) is 4.79 Å². The maximum absolute atomic E-state index is 11.9. The summed E-state index contributed by atoms with van der Waals surface area (Å²) in [5, 5.41) is 8.78. The lowest BCUT2D eigenvalue weighted by Crippen LogP contribution is -2.31. The van der Waals surface area contributed by atoms with Crippen molar-refractivity contribution in [2.45, 2.75) is 12.3 Å². The Morgan fingerprint density at radius 1 is 1.44 bits per heavy atom. The zero-order valence-electron chi connectivity index (χ0n) is 9.47. The van der Waals surface area contributed by atoms with E-state index in [1.54, 1.807) is 11.9 Å². The third-order valence-corrected chi connectivity index (χ3v) is 3.15. The van der Waals surface area contributed by atoms with Gasteiger partial charge in [0.05, 0.1) is 6.61 Å². The molecule has 1 amide bonds. The molecule has 0 bridgehead atoms. The lowest BCUT2D eigenvalue weighted by molar-refractivity contribution is -0.131. The zero-order chi connectivity index (χ0) is 11.5. The largest absolute Gasteiger partial charge is 0.395 e. The molecule has 0 aromatic heterocycles. The second-order valence-corrected chi connectivity index (χ2v) is 4.34. The van der Waals surface area contributed by atoms with Gasteiger partial charge in [0.15, 0.2) is 0 Å². The molecule has 2 rings (SSSR count). The predicted molar refractivity (Wildman–Crippen MR) is 62.0 cm³/mol. The van der Waals surface area contributed by atoms with Crippen molar-refractivity contribution < 1.29 is 9.90 Å². The molecule has 0 radical (unpaired) electrons. The van der Waals surface area contributed by atoms with Crippen molar-refractivity contribution in [1.29, 1.82) is 0 Å². The first-order valence-corrected chi connectivity index (χ1v) is 5.65. The van der Waals surface area contributed by atoms with Crippen molar-refractivity contribution in [3.63, 3.8) is 0 Å². The van der Waals surface area contributed by atoms with Crippen LogP contribution in [0.4, 0.5) is 0 Å². The molecule has 2 atom stereocenters. The smallest absolute Gasteiger partial charge is 0.226 e. The van der Waals surface area contributed by atoms with E-state index in [1.807, 2.05) is 18.2 Å². The van der Waals surface area contributed by atoms with Crippen molar-refractivity contribution in [2.75, 3.05) is 20.2 Å². The minimum Gasteiger partial charge on any atom is -0.395 e. The van der Waals surface area contributed by atoms with Gasteiger partial charge in [0.1, 0.15) is 0 Å². The van der Waals surface area contributed by atoms with Crippen LogP contribution >= 0.6 is 0 Å². The van der Waals surface area contributed by atoms with Crippen molar-refractivity contribution >= 4 is 5.91 Å². The molecular weight excluding hydrogens is 202 g/mol. The number of carbonyl (C=O) groups excluding carboxylic acids is 1. The van der Waals surface area contributed by atoms with E-state index in [-0.39, 0.29) is 18.4 Å². The first-order chi connectivity index (χ1) is 7.74. The minimum atomic E-state index is 0.0327. The number of nitrogens with zero attached hydrogens (tertiary/aromatic N) is 1. The third kappa shape index (κ3) is 2.25. The number of amides is 1. The maximum Gasteiger partial charge on any atom is 0.226 e. The second kappa shape index (κ2) is 4.66. The molecule has 3 nitrogen and oxygen atoms in total. The zero-order valence-corrected chi connectivity index (χ0v) is 9.47. The Kier molecular flexibility index (Phi) is 3.25. The summed E-state index contributed by atoms with van der Waals surface area (Å²) >= 11 is 0. The molecule has 16 heavy (non-hydrogen) atoms. The van der Waals surface area contributed by atoms with Crippen LogP contribution in [0, 0.1) is 5.92 Å². The molecule has 2 unspecified atom stereocenters. The Bertz CT molecular complexity index is 363. The van der Waals surface area contributed by atoms with Crippen molar-refractivity contribution in [1.82, 2.24) is 4.90 Å². The summed E-state index contributed by atoms with van der Waals surface area (Å²) in [7, 11) is 1.75. The molecule has 0 saturated heterocycles. The van der Waals surface area contributed by atoms with Crippen molar-refractivity contribution in [2.24, 2.45) is 5.92 Å². The molecule has 1 aromatic carbocycles. The highest BCUT2D eigenvalue weighted by molar-refractivity contribution is 5.82. The Morgan fingerprint density at radius 3 is 2.75 bits per heavy atom. The van der Waals surface area contributed by atoms with Gasteiger partial charge in [0.2, 0.25) is 5.91 Å². The highest BCUT2D eigenvalue weighted by Gasteiger charge is 2.44. The van der Waals surface area contributed by atoms with Crippen molar-refractivity contribution in [3.8, 4) is 0 Å². The predicted octanol–water partition coefficient (Wildman–Crippen LogP) is 1.24. The monoisotopic (exact) mass is 219 g/mol. The van der Waals surface area contributed by atoms with E-state index in [4.69, 9.17) is 5.11 Å². The molecule has 1 N–H and O–H groups in total. The van der Waals surface area contributed by atoms with E-state index in [1.165, 1.54) is 5.56 Å². The van der Waals surface area contributed by atoms with E-state index in [9.17, 15) is 4.79 Å². The number of carbonyl (C=O) groups is 1. The molecule has 1 fully saturated rings. The van der Waals surface area contributed by atoms with Gasteiger partial charge in [-0.2, -0.15) is 0 Å². The van der Waals surface area contributed by atoms with Crippen LogP contribution in [0.1, 0.15) is 17.9 Å². The quantitative estimate of drug-likeness (QED) is 0.827. The van der Waals surface area contributed by atoms with Crippen LogP contribution in [0.15, 0.2) is 30.3 Å². The molecule has 1 aliphatic rings. The van der Waals surface area contributed by atoms with Gasteiger partial charge < -0.3 is 10.0 Å². The third-order valence-electron chi connectivity index (χ3n) is 3.15. The van der Waals surface area contributed by atoms with Crippen LogP contribution < -0.4 is 0 Å². The Hall–Kier alpha value is -1.35. The van der Waals surface area contributed by atoms with Crippen LogP contribution in [-0.2, 0) is 4.79 Å². The minimum absolute atomic E-state index is 0.0327. The summed E-state index contributed by atoms with van der Waals surface area (Å²) in [4.78, 5) is 13.5. The SMILES string of the molecule is CN(CCO)C(=O)C1CC1c1ccccc1. The number of benzene rings is 1. The van der Waals surface area contributed by atoms with Gasteiger partial charge in [-0.1, -0.05) is 30.3 Å². The van der Waals surface area contributed by atoms with Gasteiger partial charge >= 0.3 is 0 Å². The van der Waals surface area contributed by atoms with Crippen LogP contribution in [-0.4, -0.2) is 36.1 Å². The molecule has 0 spiro atoms. The van der Waals surface area contributed by atoms with Crippen molar-refractivity contribution in [3.05, 3.63) is 35.9 Å². The fraction of sp³-hybridized carbons (Fsp3) is 0.462. The van der Waals surface area contributed by atoms with Crippen LogP contribution in [0.3, 0.4) is 0 Å². The molecule has 3 heteroatoms. The number of hydrogen-bond acceptors (Lipinski definition) is 2. The number of likely N-dealkylation sites (N-methyl/N-ethyl adjacent to an activating group) is 1. The van der Waals surface area contributed by atoms with E-state index >= 15 is 0 Å². The Morgan fingerprint density at radius 2 is 2.12 bits per heavy atom. The van der Waals surface area contributed by atoms with Gasteiger partial charge in [-0.25, -0.2) is 0 Å². The summed E-state index contributed by atoms with van der Waals surface area (Å²) in [5.74, 6) is 0.664. The number of aliphatic hydroxyl groups excluding tert-OH is 1. The molecule has 1 saturated carbocycles. The molecular formula is C13H17NO2. The molecule has 0 aliphatic heterocycles. The summed E-state index contributed by atoms with van der Waals surface area (Å²) in [6.07, 6.45) is 0.943. The normalized spacial score (nSPS) is 22.9. The molecule has 86 valence electrons. The van der Waals surface area contributed by atoms with E-state index in [2.05, 4.69) is 12.1 Å². The molecule has 1 aromatic rings. The van der Waals surface area contributed by atoms with Gasteiger partial charge in [0.25, 0.3) is 0 Å². The Balaban J connectivity index is 1.94. The fourth-order valence-electron chi connectivity index (χ4n) is 2.08.